The molecule has 2 unspecified atom stereocenters. The molecule has 0 aliphatic rings. The van der Waals surface area contributed by atoms with E-state index in [0.29, 0.717) is 6.54 Å². The number of nitrogens with zero attached hydrogens (tertiary/aromatic N) is 1. The van der Waals surface area contributed by atoms with Gasteiger partial charge in [0.25, 0.3) is 0 Å². The van der Waals surface area contributed by atoms with Gasteiger partial charge < -0.3 is 15.3 Å². The molecular formula is C15H26N2O. The van der Waals surface area contributed by atoms with E-state index >= 15 is 0 Å². The third kappa shape index (κ3) is 4.67. The molecule has 1 rings (SSSR count). The second-order valence-corrected chi connectivity index (χ2v) is 5.06. The minimum atomic E-state index is -0.238. The van der Waals surface area contributed by atoms with Gasteiger partial charge in [0.1, 0.15) is 0 Å². The van der Waals surface area contributed by atoms with Crippen LogP contribution in [0.5, 0.6) is 0 Å². The van der Waals surface area contributed by atoms with Crippen molar-refractivity contribution in [2.45, 2.75) is 38.8 Å². The van der Waals surface area contributed by atoms with E-state index in [9.17, 15) is 5.11 Å². The number of benzene rings is 1. The maximum atomic E-state index is 9.69. The van der Waals surface area contributed by atoms with E-state index in [0.717, 1.165) is 12.8 Å². The topological polar surface area (TPSA) is 35.5 Å². The van der Waals surface area contributed by atoms with Crippen molar-refractivity contribution in [3.63, 3.8) is 0 Å². The summed E-state index contributed by atoms with van der Waals surface area (Å²) in [5, 5.41) is 13.1. The molecule has 0 spiro atoms. The molecule has 0 aliphatic heterocycles. The smallest absolute Gasteiger partial charge is 0.0664 e. The van der Waals surface area contributed by atoms with Gasteiger partial charge in [0.15, 0.2) is 0 Å². The molecule has 0 heterocycles. The van der Waals surface area contributed by atoms with Crippen molar-refractivity contribution in [2.75, 3.05) is 25.5 Å². The number of rotatable bonds is 7. The van der Waals surface area contributed by atoms with Gasteiger partial charge in [-0.05, 0) is 31.0 Å². The quantitative estimate of drug-likeness (QED) is 0.780. The van der Waals surface area contributed by atoms with Crippen LogP contribution in [-0.4, -0.2) is 31.9 Å². The van der Waals surface area contributed by atoms with Crippen LogP contribution < -0.4 is 10.2 Å². The molecule has 102 valence electrons. The summed E-state index contributed by atoms with van der Waals surface area (Å²) in [5.74, 6) is 0. The van der Waals surface area contributed by atoms with Crippen molar-refractivity contribution >= 4 is 5.69 Å². The van der Waals surface area contributed by atoms with E-state index in [1.54, 1.807) is 0 Å². The van der Waals surface area contributed by atoms with Crippen molar-refractivity contribution in [1.82, 2.24) is 5.32 Å². The molecule has 3 heteroatoms. The van der Waals surface area contributed by atoms with E-state index in [1.165, 1.54) is 11.3 Å². The fourth-order valence-corrected chi connectivity index (χ4v) is 1.93. The number of hydrogen-bond acceptors (Lipinski definition) is 3. The molecule has 0 saturated heterocycles. The molecule has 0 radical (unpaired) electrons. The minimum absolute atomic E-state index is 0.238. The van der Waals surface area contributed by atoms with Gasteiger partial charge in [0.05, 0.1) is 6.10 Å². The molecule has 1 aromatic carbocycles. The van der Waals surface area contributed by atoms with Crippen molar-refractivity contribution < 1.29 is 5.11 Å². The van der Waals surface area contributed by atoms with Gasteiger partial charge in [-0.2, -0.15) is 0 Å². The van der Waals surface area contributed by atoms with Crippen molar-refractivity contribution in [2.24, 2.45) is 0 Å². The fraction of sp³-hybridized carbons (Fsp3) is 0.600. The maximum Gasteiger partial charge on any atom is 0.0664 e. The van der Waals surface area contributed by atoms with Gasteiger partial charge in [-0.1, -0.05) is 25.5 Å². The predicted molar refractivity (Wildman–Crippen MR) is 78.1 cm³/mol. The molecule has 0 fully saturated rings. The van der Waals surface area contributed by atoms with Crippen LogP contribution in [-0.2, 0) is 0 Å². The van der Waals surface area contributed by atoms with E-state index < -0.39 is 0 Å². The average molecular weight is 250 g/mol. The monoisotopic (exact) mass is 250 g/mol. The third-order valence-corrected chi connectivity index (χ3v) is 3.19. The Hall–Kier alpha value is -1.06. The van der Waals surface area contributed by atoms with Crippen LogP contribution in [0.25, 0.3) is 0 Å². The Morgan fingerprint density at radius 1 is 1.22 bits per heavy atom. The molecule has 0 amide bonds. The van der Waals surface area contributed by atoms with E-state index in [4.69, 9.17) is 0 Å². The van der Waals surface area contributed by atoms with Crippen LogP contribution in [0, 0.1) is 0 Å². The van der Waals surface area contributed by atoms with Crippen molar-refractivity contribution in [3.05, 3.63) is 29.8 Å². The Morgan fingerprint density at radius 2 is 1.83 bits per heavy atom. The van der Waals surface area contributed by atoms with E-state index in [1.807, 2.05) is 14.1 Å². The molecule has 0 saturated carbocycles. The molecule has 2 N–H and O–H groups in total. The van der Waals surface area contributed by atoms with Gasteiger partial charge in [-0.25, -0.2) is 0 Å². The summed E-state index contributed by atoms with van der Waals surface area (Å²) in [6.45, 7) is 4.88. The zero-order valence-electron chi connectivity index (χ0n) is 12.0. The second kappa shape index (κ2) is 7.39. The highest BCUT2D eigenvalue weighted by atomic mass is 16.3. The lowest BCUT2D eigenvalue weighted by atomic mass is 10.1. The maximum absolute atomic E-state index is 9.69. The number of aliphatic hydroxyl groups excluding tert-OH is 1. The first kappa shape index (κ1) is 15.0. The van der Waals surface area contributed by atoms with Gasteiger partial charge in [-0.3, -0.25) is 0 Å². The number of hydrogen-bond donors (Lipinski definition) is 2. The Kier molecular flexibility index (Phi) is 6.16. The average Bonchev–Trinajstić information content (AvgIpc) is 2.36. The first-order valence-corrected chi connectivity index (χ1v) is 6.73. The van der Waals surface area contributed by atoms with Crippen molar-refractivity contribution in [1.29, 1.82) is 0 Å². The summed E-state index contributed by atoms with van der Waals surface area (Å²) in [6, 6.07) is 8.79. The SMILES string of the molecule is CCCC(O)CNC(C)c1ccc(N(C)C)cc1. The van der Waals surface area contributed by atoms with Crippen LogP contribution >= 0.6 is 0 Å². The summed E-state index contributed by atoms with van der Waals surface area (Å²) in [5.41, 5.74) is 2.46. The first-order valence-electron chi connectivity index (χ1n) is 6.73. The van der Waals surface area contributed by atoms with Gasteiger partial charge >= 0.3 is 0 Å². The van der Waals surface area contributed by atoms with Gasteiger partial charge in [-0.15, -0.1) is 0 Å². The highest BCUT2D eigenvalue weighted by Crippen LogP contribution is 2.17. The van der Waals surface area contributed by atoms with Crippen LogP contribution in [0.2, 0.25) is 0 Å². The lowest BCUT2D eigenvalue weighted by molar-refractivity contribution is 0.157. The van der Waals surface area contributed by atoms with Crippen LogP contribution in [0.15, 0.2) is 24.3 Å². The number of nitrogens with one attached hydrogen (secondary N) is 1. The van der Waals surface area contributed by atoms with Gasteiger partial charge in [0.2, 0.25) is 0 Å². The summed E-state index contributed by atoms with van der Waals surface area (Å²) in [7, 11) is 4.08. The molecule has 1 aromatic rings. The Balaban J connectivity index is 2.48. The summed E-state index contributed by atoms with van der Waals surface area (Å²) in [6.07, 6.45) is 1.65. The largest absolute Gasteiger partial charge is 0.392 e. The fourth-order valence-electron chi connectivity index (χ4n) is 1.93. The summed E-state index contributed by atoms with van der Waals surface area (Å²) >= 11 is 0. The highest BCUT2D eigenvalue weighted by Gasteiger charge is 2.08. The first-order chi connectivity index (χ1) is 8.54. The molecule has 3 nitrogen and oxygen atoms in total. The third-order valence-electron chi connectivity index (χ3n) is 3.19. The zero-order valence-corrected chi connectivity index (χ0v) is 12.0. The molecule has 18 heavy (non-hydrogen) atoms. The molecule has 0 aromatic heterocycles. The zero-order chi connectivity index (χ0) is 13.5. The van der Waals surface area contributed by atoms with Crippen LogP contribution in [0.3, 0.4) is 0 Å². The van der Waals surface area contributed by atoms with Gasteiger partial charge in [0, 0.05) is 32.4 Å². The molecule has 2 atom stereocenters. The summed E-state index contributed by atoms with van der Waals surface area (Å²) in [4.78, 5) is 2.09. The van der Waals surface area contributed by atoms with Crippen molar-refractivity contribution in [3.8, 4) is 0 Å². The lowest BCUT2D eigenvalue weighted by Crippen LogP contribution is -2.28. The summed E-state index contributed by atoms with van der Waals surface area (Å²) < 4.78 is 0. The number of anilines is 1. The Bertz CT molecular complexity index is 335. The lowest BCUT2D eigenvalue weighted by Gasteiger charge is -2.18. The standard InChI is InChI=1S/C15H26N2O/c1-5-6-15(18)11-16-12(2)13-7-9-14(10-8-13)17(3)4/h7-10,12,15-16,18H,5-6,11H2,1-4H3. The normalized spacial score (nSPS) is 14.3. The van der Waals surface area contributed by atoms with E-state index in [-0.39, 0.29) is 12.1 Å². The van der Waals surface area contributed by atoms with Crippen LogP contribution in [0.4, 0.5) is 5.69 Å². The van der Waals surface area contributed by atoms with E-state index in [2.05, 4.69) is 48.3 Å². The number of aliphatic hydroxyl groups is 1. The highest BCUT2D eigenvalue weighted by molar-refractivity contribution is 5.46. The molecule has 0 bridgehead atoms. The second-order valence-electron chi connectivity index (χ2n) is 5.06. The minimum Gasteiger partial charge on any atom is -0.392 e. The Labute approximate surface area is 111 Å². The Morgan fingerprint density at radius 3 is 2.33 bits per heavy atom. The molecule has 0 aliphatic carbocycles. The predicted octanol–water partition coefficient (Wildman–Crippen LogP) is 2.56. The van der Waals surface area contributed by atoms with Crippen LogP contribution in [0.1, 0.15) is 38.3 Å². The molecular weight excluding hydrogens is 224 g/mol.